The van der Waals surface area contributed by atoms with E-state index in [1.54, 1.807) is 0 Å². The summed E-state index contributed by atoms with van der Waals surface area (Å²) in [5, 5.41) is 5.95. The number of hydrogen-bond donors (Lipinski definition) is 0. The fraction of sp³-hybridized carbons (Fsp3) is 0. The first kappa shape index (κ1) is 32.7. The smallest absolute Gasteiger partial charge is 0.0788 e. The Bertz CT molecular complexity index is 3190. The van der Waals surface area contributed by atoms with Gasteiger partial charge in [0.05, 0.1) is 33.6 Å². The monoisotopic (exact) mass is 726 g/mol. The molecule has 4 heteroatoms. The maximum atomic E-state index is 5.36. The minimum absolute atomic E-state index is 0.932. The molecule has 4 nitrogen and oxygen atoms in total. The molecule has 0 N–H and O–H groups in total. The van der Waals surface area contributed by atoms with E-state index in [9.17, 15) is 0 Å². The molecule has 0 saturated heterocycles. The third kappa shape index (κ3) is 5.66. The average molecular weight is 727 g/mol. The Balaban J connectivity index is 1.10. The molecule has 0 fully saturated rings. The number of nitrogens with zero attached hydrogens (tertiary/aromatic N) is 4. The number of benzene rings is 7. The molecule has 11 aromatic rings. The number of rotatable bonds is 6. The van der Waals surface area contributed by atoms with E-state index >= 15 is 0 Å². The summed E-state index contributed by atoms with van der Waals surface area (Å²) in [5.41, 5.74) is 15.1. The van der Waals surface area contributed by atoms with Crippen LogP contribution >= 0.6 is 0 Å². The Hall–Kier alpha value is -7.69. The molecule has 0 atom stereocenters. The van der Waals surface area contributed by atoms with Gasteiger partial charge in [0.25, 0.3) is 0 Å². The molecule has 4 aromatic heterocycles. The van der Waals surface area contributed by atoms with Gasteiger partial charge in [-0.15, -0.1) is 0 Å². The summed E-state index contributed by atoms with van der Waals surface area (Å²) < 4.78 is 2.39. The van der Waals surface area contributed by atoms with Crippen molar-refractivity contribution in [1.29, 1.82) is 0 Å². The molecular weight excluding hydrogens is 693 g/mol. The van der Waals surface area contributed by atoms with Crippen LogP contribution in [-0.4, -0.2) is 19.5 Å². The zero-order valence-corrected chi connectivity index (χ0v) is 30.9. The first-order valence-corrected chi connectivity index (χ1v) is 19.3. The van der Waals surface area contributed by atoms with Crippen LogP contribution in [0.3, 0.4) is 0 Å². The van der Waals surface area contributed by atoms with Crippen LogP contribution in [0.25, 0.3) is 105 Å². The van der Waals surface area contributed by atoms with E-state index in [0.717, 1.165) is 78.0 Å². The Kier molecular flexibility index (Phi) is 7.78. The number of hydrogen-bond acceptors (Lipinski definition) is 3. The van der Waals surface area contributed by atoms with Crippen LogP contribution in [0.4, 0.5) is 0 Å². The van der Waals surface area contributed by atoms with E-state index in [-0.39, 0.29) is 0 Å². The average Bonchev–Trinajstić information content (AvgIpc) is 3.64. The van der Waals surface area contributed by atoms with Crippen molar-refractivity contribution in [3.63, 3.8) is 0 Å². The van der Waals surface area contributed by atoms with Gasteiger partial charge in [0.1, 0.15) is 0 Å². The molecule has 57 heavy (non-hydrogen) atoms. The molecule has 0 saturated carbocycles. The molecule has 0 bridgehead atoms. The maximum absolute atomic E-state index is 5.36. The highest BCUT2D eigenvalue weighted by Gasteiger charge is 2.20. The molecule has 0 unspecified atom stereocenters. The van der Waals surface area contributed by atoms with Crippen molar-refractivity contribution in [2.45, 2.75) is 0 Å². The van der Waals surface area contributed by atoms with Crippen molar-refractivity contribution in [2.75, 3.05) is 0 Å². The summed E-state index contributed by atoms with van der Waals surface area (Å²) >= 11 is 0. The Morgan fingerprint density at radius 2 is 0.930 bits per heavy atom. The predicted octanol–water partition coefficient (Wildman–Crippen LogP) is 13.6. The molecule has 0 radical (unpaired) electrons. The number of aromatic nitrogens is 4. The quantitative estimate of drug-likeness (QED) is 0.160. The van der Waals surface area contributed by atoms with Crippen LogP contribution in [0.5, 0.6) is 0 Å². The number of fused-ring (bicyclic) bond motifs is 7. The van der Waals surface area contributed by atoms with E-state index in [1.807, 2.05) is 36.7 Å². The largest absolute Gasteiger partial charge is 0.309 e. The van der Waals surface area contributed by atoms with Crippen molar-refractivity contribution < 1.29 is 0 Å². The lowest BCUT2D eigenvalue weighted by atomic mass is 9.93. The second-order valence-corrected chi connectivity index (χ2v) is 14.4. The fourth-order valence-electron chi connectivity index (χ4n) is 8.42. The number of para-hydroxylation sites is 2. The van der Waals surface area contributed by atoms with E-state index < -0.39 is 0 Å². The maximum Gasteiger partial charge on any atom is 0.0788 e. The zero-order chi connectivity index (χ0) is 37.7. The summed E-state index contributed by atoms with van der Waals surface area (Å²) in [6, 6.07) is 68.9. The zero-order valence-electron chi connectivity index (χ0n) is 30.9. The van der Waals surface area contributed by atoms with E-state index in [1.165, 1.54) is 27.2 Å². The molecule has 4 heterocycles. The second kappa shape index (κ2) is 13.6. The van der Waals surface area contributed by atoms with Gasteiger partial charge >= 0.3 is 0 Å². The third-order valence-electron chi connectivity index (χ3n) is 11.1. The van der Waals surface area contributed by atoms with Gasteiger partial charge in [-0.25, -0.2) is 4.98 Å². The van der Waals surface area contributed by atoms with E-state index in [0.29, 0.717) is 0 Å². The van der Waals surface area contributed by atoms with E-state index in [4.69, 9.17) is 4.98 Å². The standard InChI is InChI=1S/C53H34N4/c1-3-13-37(14-4-1)53-44-26-28-50-52(43-17-7-8-20-49(43)57(50)42-15-5-2-6-16-42)51(44)45-34-38(25-27-48(45)56-53)35-21-23-36(24-22-35)39-31-40(46-18-9-11-29-54-46)33-41(32-39)47-19-10-12-30-55-47/h1-34H. The van der Waals surface area contributed by atoms with Gasteiger partial charge in [-0.3, -0.25) is 9.97 Å². The third-order valence-corrected chi connectivity index (χ3v) is 11.1. The van der Waals surface area contributed by atoms with Gasteiger partial charge < -0.3 is 4.57 Å². The highest BCUT2D eigenvalue weighted by atomic mass is 15.0. The molecule has 7 aromatic carbocycles. The summed E-state index contributed by atoms with van der Waals surface area (Å²) in [5.74, 6) is 0. The van der Waals surface area contributed by atoms with Gasteiger partial charge in [-0.2, -0.15) is 0 Å². The first-order valence-electron chi connectivity index (χ1n) is 19.3. The normalized spacial score (nSPS) is 11.5. The Labute approximate surface area is 330 Å². The van der Waals surface area contributed by atoms with Gasteiger partial charge in [-0.05, 0) is 101 Å². The summed E-state index contributed by atoms with van der Waals surface area (Å²) in [6.45, 7) is 0. The number of pyridine rings is 3. The van der Waals surface area contributed by atoms with Crippen molar-refractivity contribution >= 4 is 43.5 Å². The van der Waals surface area contributed by atoms with Crippen molar-refractivity contribution in [2.24, 2.45) is 0 Å². The van der Waals surface area contributed by atoms with Crippen molar-refractivity contribution in [1.82, 2.24) is 19.5 Å². The lowest BCUT2D eigenvalue weighted by Gasteiger charge is -2.14. The lowest BCUT2D eigenvalue weighted by molar-refractivity contribution is 1.18. The minimum atomic E-state index is 0.932. The first-order chi connectivity index (χ1) is 28.3. The minimum Gasteiger partial charge on any atom is -0.309 e. The van der Waals surface area contributed by atoms with E-state index in [2.05, 4.69) is 184 Å². The predicted molar refractivity (Wildman–Crippen MR) is 236 cm³/mol. The summed E-state index contributed by atoms with van der Waals surface area (Å²) in [4.78, 5) is 14.7. The SMILES string of the molecule is c1ccc(-c2nc3ccc(-c4ccc(-c5cc(-c6ccccn6)cc(-c6ccccn6)c5)cc4)cc3c3c2ccc2c3c3ccccc3n2-c2ccccc2)cc1. The topological polar surface area (TPSA) is 43.6 Å². The molecule has 0 aliphatic carbocycles. The van der Waals surface area contributed by atoms with Crippen molar-refractivity contribution in [3.05, 3.63) is 207 Å². The van der Waals surface area contributed by atoms with Crippen LogP contribution in [0.15, 0.2) is 207 Å². The second-order valence-electron chi connectivity index (χ2n) is 14.4. The molecule has 0 spiro atoms. The summed E-state index contributed by atoms with van der Waals surface area (Å²) in [7, 11) is 0. The van der Waals surface area contributed by atoms with Crippen LogP contribution in [0, 0.1) is 0 Å². The van der Waals surface area contributed by atoms with Gasteiger partial charge in [0.2, 0.25) is 0 Å². The van der Waals surface area contributed by atoms with Crippen LogP contribution in [0.1, 0.15) is 0 Å². The van der Waals surface area contributed by atoms with Gasteiger partial charge in [-0.1, -0.05) is 115 Å². The molecule has 0 aliphatic rings. The van der Waals surface area contributed by atoms with Gasteiger partial charge in [0, 0.05) is 61.7 Å². The summed E-state index contributed by atoms with van der Waals surface area (Å²) in [6.07, 6.45) is 3.68. The lowest BCUT2D eigenvalue weighted by Crippen LogP contribution is -1.94. The Morgan fingerprint density at radius 3 is 1.61 bits per heavy atom. The fourth-order valence-corrected chi connectivity index (χ4v) is 8.42. The highest BCUT2D eigenvalue weighted by Crippen LogP contribution is 2.43. The Morgan fingerprint density at radius 1 is 0.333 bits per heavy atom. The van der Waals surface area contributed by atoms with Crippen molar-refractivity contribution in [3.8, 4) is 61.7 Å². The van der Waals surface area contributed by atoms with Crippen LogP contribution in [0.2, 0.25) is 0 Å². The van der Waals surface area contributed by atoms with Gasteiger partial charge in [0.15, 0.2) is 0 Å². The van der Waals surface area contributed by atoms with Crippen LogP contribution in [-0.2, 0) is 0 Å². The molecule has 0 amide bonds. The molecule has 266 valence electrons. The molecule has 11 rings (SSSR count). The van der Waals surface area contributed by atoms with Crippen LogP contribution < -0.4 is 0 Å². The molecular formula is C53H34N4. The highest BCUT2D eigenvalue weighted by molar-refractivity contribution is 6.29. The molecule has 0 aliphatic heterocycles.